The fraction of sp³-hybridized carbons (Fsp3) is 0.240. The second-order valence-electron chi connectivity index (χ2n) is 7.89. The summed E-state index contributed by atoms with van der Waals surface area (Å²) in [7, 11) is -3.87. The quantitative estimate of drug-likeness (QED) is 0.445. The van der Waals surface area contributed by atoms with E-state index in [0.29, 0.717) is 35.4 Å². The van der Waals surface area contributed by atoms with Crippen LogP contribution in [0, 0.1) is 5.92 Å². The van der Waals surface area contributed by atoms with Crippen LogP contribution in [-0.2, 0) is 14.8 Å². The van der Waals surface area contributed by atoms with Gasteiger partial charge in [0.2, 0.25) is 0 Å². The van der Waals surface area contributed by atoms with Crippen LogP contribution in [-0.4, -0.2) is 27.0 Å². The number of rotatable bonds is 10. The minimum absolute atomic E-state index is 0.0567. The zero-order valence-corrected chi connectivity index (χ0v) is 19.6. The van der Waals surface area contributed by atoms with E-state index >= 15 is 0 Å². The Labute approximate surface area is 194 Å². The van der Waals surface area contributed by atoms with Crippen molar-refractivity contribution in [3.63, 3.8) is 0 Å². The Morgan fingerprint density at radius 3 is 2.15 bits per heavy atom. The van der Waals surface area contributed by atoms with E-state index in [9.17, 15) is 13.2 Å². The van der Waals surface area contributed by atoms with Crippen molar-refractivity contribution in [3.05, 3.63) is 78.9 Å². The molecule has 1 atom stereocenters. The van der Waals surface area contributed by atoms with Gasteiger partial charge in [0.1, 0.15) is 11.5 Å². The smallest absolute Gasteiger partial charge is 0.262 e. The molecule has 0 spiro atoms. The molecule has 3 rings (SSSR count). The largest absolute Gasteiger partial charge is 0.481 e. The van der Waals surface area contributed by atoms with Crippen LogP contribution in [0.5, 0.6) is 17.2 Å². The first-order valence-corrected chi connectivity index (χ1v) is 12.1. The Morgan fingerprint density at radius 2 is 1.48 bits per heavy atom. The highest BCUT2D eigenvalue weighted by Crippen LogP contribution is 2.31. The van der Waals surface area contributed by atoms with E-state index in [-0.39, 0.29) is 10.8 Å². The predicted octanol–water partition coefficient (Wildman–Crippen LogP) is 4.82. The second kappa shape index (κ2) is 10.9. The summed E-state index contributed by atoms with van der Waals surface area (Å²) in [6.07, 6.45) is -0.702. The van der Waals surface area contributed by atoms with Crippen molar-refractivity contribution in [2.45, 2.75) is 31.8 Å². The van der Waals surface area contributed by atoms with Crippen molar-refractivity contribution in [2.24, 2.45) is 5.92 Å². The molecule has 33 heavy (non-hydrogen) atoms. The summed E-state index contributed by atoms with van der Waals surface area (Å²) in [4.78, 5) is 12.1. The number of hydrogen-bond acceptors (Lipinski definition) is 5. The Kier molecular flexibility index (Phi) is 7.95. The Bertz CT molecular complexity index is 1160. The van der Waals surface area contributed by atoms with Crippen LogP contribution in [0.25, 0.3) is 0 Å². The van der Waals surface area contributed by atoms with Crippen LogP contribution in [0.1, 0.15) is 20.8 Å². The first-order chi connectivity index (χ1) is 15.7. The molecule has 0 aliphatic heterocycles. The zero-order valence-electron chi connectivity index (χ0n) is 18.8. The van der Waals surface area contributed by atoms with Crippen molar-refractivity contribution < 1.29 is 22.7 Å². The highest BCUT2D eigenvalue weighted by atomic mass is 32.2. The van der Waals surface area contributed by atoms with E-state index in [1.165, 1.54) is 24.3 Å². The van der Waals surface area contributed by atoms with Crippen molar-refractivity contribution in [1.29, 1.82) is 0 Å². The molecule has 0 radical (unpaired) electrons. The summed E-state index contributed by atoms with van der Waals surface area (Å²) in [5.74, 6) is 1.48. The SMILES string of the molecule is CC(C)CNC(=O)[C@H](C)Oc1ccc(S(=O)(=O)Nc2ccccc2Oc2ccccc2)cc1. The molecular weight excluding hydrogens is 440 g/mol. The van der Waals surface area contributed by atoms with Gasteiger partial charge in [-0.25, -0.2) is 8.42 Å². The highest BCUT2D eigenvalue weighted by molar-refractivity contribution is 7.92. The van der Waals surface area contributed by atoms with Gasteiger partial charge >= 0.3 is 0 Å². The third kappa shape index (κ3) is 6.98. The minimum atomic E-state index is -3.87. The molecule has 0 saturated heterocycles. The molecule has 0 aromatic heterocycles. The van der Waals surface area contributed by atoms with Gasteiger partial charge in [-0.1, -0.05) is 44.2 Å². The Balaban J connectivity index is 1.68. The van der Waals surface area contributed by atoms with E-state index < -0.39 is 16.1 Å². The van der Waals surface area contributed by atoms with Crippen LogP contribution in [0.2, 0.25) is 0 Å². The maximum atomic E-state index is 12.9. The van der Waals surface area contributed by atoms with Crippen molar-refractivity contribution in [1.82, 2.24) is 5.32 Å². The number of nitrogens with one attached hydrogen (secondary N) is 2. The topological polar surface area (TPSA) is 93.7 Å². The van der Waals surface area contributed by atoms with E-state index in [1.54, 1.807) is 43.3 Å². The molecule has 3 aromatic rings. The van der Waals surface area contributed by atoms with E-state index in [1.807, 2.05) is 32.0 Å². The number of hydrogen-bond donors (Lipinski definition) is 2. The lowest BCUT2D eigenvalue weighted by Gasteiger charge is -2.16. The molecule has 0 fully saturated rings. The lowest BCUT2D eigenvalue weighted by Crippen LogP contribution is -2.38. The zero-order chi connectivity index (χ0) is 23.8. The molecule has 2 N–H and O–H groups in total. The summed E-state index contributed by atoms with van der Waals surface area (Å²) in [6, 6.07) is 21.8. The molecule has 174 valence electrons. The fourth-order valence-corrected chi connectivity index (χ4v) is 3.93. The van der Waals surface area contributed by atoms with E-state index in [0.717, 1.165) is 0 Å². The molecule has 0 aliphatic rings. The standard InChI is InChI=1S/C25H28N2O5S/c1-18(2)17-26-25(28)19(3)31-21-13-15-22(16-14-21)33(29,30)27-23-11-7-8-12-24(23)32-20-9-5-4-6-10-20/h4-16,18-19,27H,17H2,1-3H3,(H,26,28)/t19-/m0/s1. The van der Waals surface area contributed by atoms with Gasteiger partial charge < -0.3 is 14.8 Å². The number of sulfonamides is 1. The number of benzene rings is 3. The van der Waals surface area contributed by atoms with E-state index in [4.69, 9.17) is 9.47 Å². The summed E-state index contributed by atoms with van der Waals surface area (Å²) in [5, 5.41) is 2.81. The van der Waals surface area contributed by atoms with Crippen LogP contribution < -0.4 is 19.5 Å². The van der Waals surface area contributed by atoms with E-state index in [2.05, 4.69) is 10.0 Å². The lowest BCUT2D eigenvalue weighted by molar-refractivity contribution is -0.127. The van der Waals surface area contributed by atoms with Crippen LogP contribution in [0.4, 0.5) is 5.69 Å². The number of anilines is 1. The highest BCUT2D eigenvalue weighted by Gasteiger charge is 2.18. The van der Waals surface area contributed by atoms with Crippen molar-refractivity contribution >= 4 is 21.6 Å². The maximum absolute atomic E-state index is 12.9. The minimum Gasteiger partial charge on any atom is -0.481 e. The van der Waals surface area contributed by atoms with Gasteiger partial charge in [-0.05, 0) is 61.4 Å². The molecule has 8 heteroatoms. The summed E-state index contributed by atoms with van der Waals surface area (Å²) >= 11 is 0. The second-order valence-corrected chi connectivity index (χ2v) is 9.57. The number of amides is 1. The Morgan fingerprint density at radius 1 is 0.848 bits per heavy atom. The average molecular weight is 469 g/mol. The fourth-order valence-electron chi connectivity index (χ4n) is 2.86. The third-order valence-corrected chi connectivity index (χ3v) is 5.98. The van der Waals surface area contributed by atoms with Gasteiger partial charge in [-0.2, -0.15) is 0 Å². The molecule has 0 saturated carbocycles. The molecule has 7 nitrogen and oxygen atoms in total. The van der Waals surface area contributed by atoms with Gasteiger partial charge in [0.25, 0.3) is 15.9 Å². The molecule has 0 aliphatic carbocycles. The molecule has 0 unspecified atom stereocenters. The third-order valence-electron chi connectivity index (χ3n) is 4.60. The predicted molar refractivity (Wildman–Crippen MR) is 128 cm³/mol. The molecule has 0 bridgehead atoms. The number of para-hydroxylation sites is 3. The molecule has 0 heterocycles. The maximum Gasteiger partial charge on any atom is 0.262 e. The summed E-state index contributed by atoms with van der Waals surface area (Å²) in [6.45, 7) is 6.22. The van der Waals surface area contributed by atoms with Gasteiger partial charge in [-0.15, -0.1) is 0 Å². The first-order valence-electron chi connectivity index (χ1n) is 10.6. The first kappa shape index (κ1) is 24.1. The summed E-state index contributed by atoms with van der Waals surface area (Å²) < 4.78 is 39.9. The molecule has 1 amide bonds. The molecular formula is C25H28N2O5S. The van der Waals surface area contributed by atoms with Gasteiger partial charge in [-0.3, -0.25) is 9.52 Å². The van der Waals surface area contributed by atoms with Crippen molar-refractivity contribution in [2.75, 3.05) is 11.3 Å². The van der Waals surface area contributed by atoms with Crippen molar-refractivity contribution in [3.8, 4) is 17.2 Å². The number of ether oxygens (including phenoxy) is 2. The average Bonchev–Trinajstić information content (AvgIpc) is 2.79. The number of carbonyl (C=O) groups excluding carboxylic acids is 1. The van der Waals surface area contributed by atoms with Gasteiger partial charge in [0.15, 0.2) is 11.9 Å². The lowest BCUT2D eigenvalue weighted by atomic mass is 10.2. The number of carbonyl (C=O) groups is 1. The molecule has 3 aromatic carbocycles. The van der Waals surface area contributed by atoms with Gasteiger partial charge in [0.05, 0.1) is 10.6 Å². The van der Waals surface area contributed by atoms with Crippen LogP contribution in [0.3, 0.4) is 0 Å². The Hall–Kier alpha value is -3.52. The van der Waals surface area contributed by atoms with Gasteiger partial charge in [0, 0.05) is 6.54 Å². The summed E-state index contributed by atoms with van der Waals surface area (Å²) in [5.41, 5.74) is 0.317. The normalized spacial score (nSPS) is 12.1. The van der Waals surface area contributed by atoms with Crippen LogP contribution >= 0.6 is 0 Å². The monoisotopic (exact) mass is 468 g/mol. The van der Waals surface area contributed by atoms with Crippen LogP contribution in [0.15, 0.2) is 83.8 Å².